The van der Waals surface area contributed by atoms with Crippen LogP contribution in [0.2, 0.25) is 10.0 Å². The molecule has 0 radical (unpaired) electrons. The molecule has 184 valence electrons. The fourth-order valence-corrected chi connectivity index (χ4v) is 3.67. The zero-order valence-corrected chi connectivity index (χ0v) is 21.5. The third-order valence-corrected chi connectivity index (χ3v) is 5.86. The number of halogens is 2. The lowest BCUT2D eigenvalue weighted by Gasteiger charge is -2.05. The molecular formula is C28H40Cl2O3. The van der Waals surface area contributed by atoms with Crippen LogP contribution in [0.5, 0.6) is 11.5 Å². The molecule has 0 saturated heterocycles. The number of phenolic OH excluding ortho intramolecular Hbond substituents is 1. The summed E-state index contributed by atoms with van der Waals surface area (Å²) in [5.41, 5.74) is 0. The van der Waals surface area contributed by atoms with Crippen LogP contribution < -0.4 is 4.74 Å². The summed E-state index contributed by atoms with van der Waals surface area (Å²) in [6.07, 6.45) is 17.5. The van der Waals surface area contributed by atoms with E-state index < -0.39 is 0 Å². The largest absolute Gasteiger partial charge is 0.508 e. The Kier molecular flexibility index (Phi) is 17.5. The van der Waals surface area contributed by atoms with E-state index in [-0.39, 0.29) is 11.7 Å². The van der Waals surface area contributed by atoms with Gasteiger partial charge >= 0.3 is 5.97 Å². The Labute approximate surface area is 210 Å². The van der Waals surface area contributed by atoms with Gasteiger partial charge in [0.15, 0.2) is 0 Å². The zero-order valence-electron chi connectivity index (χ0n) is 20.0. The molecule has 0 atom stereocenters. The number of phenols is 1. The van der Waals surface area contributed by atoms with Crippen molar-refractivity contribution in [3.8, 4) is 11.5 Å². The van der Waals surface area contributed by atoms with Crippen LogP contribution in [0.1, 0.15) is 96.8 Å². The van der Waals surface area contributed by atoms with Crippen molar-refractivity contribution in [2.45, 2.75) is 96.8 Å². The van der Waals surface area contributed by atoms with E-state index in [1.165, 1.54) is 70.6 Å². The van der Waals surface area contributed by atoms with E-state index in [0.29, 0.717) is 22.2 Å². The lowest BCUT2D eigenvalue weighted by Crippen LogP contribution is -2.07. The molecule has 0 unspecified atom stereocenters. The summed E-state index contributed by atoms with van der Waals surface area (Å²) < 4.78 is 5.28. The van der Waals surface area contributed by atoms with Crippen molar-refractivity contribution in [3.63, 3.8) is 0 Å². The molecule has 0 bridgehead atoms. The Balaban J connectivity index is 0.000000568. The normalized spacial score (nSPS) is 10.4. The van der Waals surface area contributed by atoms with E-state index in [1.807, 2.05) is 0 Å². The summed E-state index contributed by atoms with van der Waals surface area (Å²) in [6, 6.07) is 13.3. The summed E-state index contributed by atoms with van der Waals surface area (Å²) >= 11 is 11.3. The molecule has 0 aliphatic rings. The third-order valence-electron chi connectivity index (χ3n) is 5.36. The van der Waals surface area contributed by atoms with Crippen LogP contribution in [0.4, 0.5) is 0 Å². The van der Waals surface area contributed by atoms with Gasteiger partial charge in [0.1, 0.15) is 11.5 Å². The minimum absolute atomic E-state index is 0.148. The fourth-order valence-electron chi connectivity index (χ4n) is 3.41. The van der Waals surface area contributed by atoms with Crippen molar-refractivity contribution in [1.29, 1.82) is 0 Å². The zero-order chi connectivity index (χ0) is 24.2. The van der Waals surface area contributed by atoms with Gasteiger partial charge in [-0.3, -0.25) is 4.79 Å². The molecule has 0 aliphatic carbocycles. The molecule has 2 aromatic rings. The monoisotopic (exact) mass is 494 g/mol. The SMILES string of the molecule is CCCCCCCCCCCCCCCC(=O)Oc1ccc(Cl)cc1.Oc1ccc(Cl)cc1. The van der Waals surface area contributed by atoms with E-state index in [0.717, 1.165) is 12.8 Å². The molecule has 33 heavy (non-hydrogen) atoms. The quantitative estimate of drug-likeness (QED) is 0.152. The number of unbranched alkanes of at least 4 members (excludes halogenated alkanes) is 12. The van der Waals surface area contributed by atoms with Crippen LogP contribution in [0.3, 0.4) is 0 Å². The van der Waals surface area contributed by atoms with Gasteiger partial charge in [0.2, 0.25) is 0 Å². The molecule has 0 heterocycles. The fraction of sp³-hybridized carbons (Fsp3) is 0.536. The van der Waals surface area contributed by atoms with E-state index in [4.69, 9.17) is 33.0 Å². The second-order valence-corrected chi connectivity index (χ2v) is 9.27. The molecule has 2 aromatic carbocycles. The number of rotatable bonds is 15. The van der Waals surface area contributed by atoms with Crippen LogP contribution in [-0.4, -0.2) is 11.1 Å². The summed E-state index contributed by atoms with van der Waals surface area (Å²) in [5.74, 6) is 0.670. The van der Waals surface area contributed by atoms with Crippen LogP contribution in [0.25, 0.3) is 0 Å². The van der Waals surface area contributed by atoms with Crippen molar-refractivity contribution in [2.24, 2.45) is 0 Å². The Bertz CT molecular complexity index is 709. The highest BCUT2D eigenvalue weighted by Gasteiger charge is 2.04. The van der Waals surface area contributed by atoms with Gasteiger partial charge in [-0.15, -0.1) is 0 Å². The minimum Gasteiger partial charge on any atom is -0.508 e. The summed E-state index contributed by atoms with van der Waals surface area (Å²) in [6.45, 7) is 2.27. The standard InChI is InChI=1S/C22H35ClO2.C6H5ClO/c1-2-3-4-5-6-7-8-9-10-11-12-13-14-15-22(24)25-21-18-16-20(23)17-19-21;7-5-1-3-6(8)4-2-5/h16-19H,2-15H2,1H3;1-4,8H. The molecule has 0 aromatic heterocycles. The van der Waals surface area contributed by atoms with Gasteiger partial charge in [0, 0.05) is 16.5 Å². The topological polar surface area (TPSA) is 46.5 Å². The summed E-state index contributed by atoms with van der Waals surface area (Å²) in [7, 11) is 0. The second-order valence-electron chi connectivity index (χ2n) is 8.40. The number of hydrogen-bond acceptors (Lipinski definition) is 3. The minimum atomic E-state index is -0.148. The number of esters is 1. The highest BCUT2D eigenvalue weighted by Crippen LogP contribution is 2.17. The third kappa shape index (κ3) is 17.4. The Morgan fingerprint density at radius 1 is 0.667 bits per heavy atom. The highest BCUT2D eigenvalue weighted by atomic mass is 35.5. The van der Waals surface area contributed by atoms with Crippen molar-refractivity contribution in [3.05, 3.63) is 58.6 Å². The molecule has 0 amide bonds. The van der Waals surface area contributed by atoms with E-state index in [1.54, 1.807) is 48.5 Å². The molecule has 2 rings (SSSR count). The molecule has 0 spiro atoms. The van der Waals surface area contributed by atoms with Crippen LogP contribution in [0, 0.1) is 0 Å². The number of hydrogen-bond donors (Lipinski definition) is 1. The maximum absolute atomic E-state index is 11.7. The first-order valence-electron chi connectivity index (χ1n) is 12.4. The first-order chi connectivity index (χ1) is 16.0. The number of carbonyl (C=O) groups is 1. The van der Waals surface area contributed by atoms with Gasteiger partial charge in [-0.05, 0) is 55.0 Å². The first-order valence-corrected chi connectivity index (χ1v) is 13.2. The lowest BCUT2D eigenvalue weighted by molar-refractivity contribution is -0.134. The molecule has 0 aliphatic heterocycles. The number of aromatic hydroxyl groups is 1. The van der Waals surface area contributed by atoms with Crippen LogP contribution in [-0.2, 0) is 4.79 Å². The molecule has 0 fully saturated rings. The molecule has 5 heteroatoms. The van der Waals surface area contributed by atoms with Gasteiger partial charge < -0.3 is 9.84 Å². The predicted molar refractivity (Wildman–Crippen MR) is 141 cm³/mol. The van der Waals surface area contributed by atoms with Gasteiger partial charge in [-0.25, -0.2) is 0 Å². The molecular weight excluding hydrogens is 455 g/mol. The van der Waals surface area contributed by atoms with E-state index in [9.17, 15) is 4.79 Å². The van der Waals surface area contributed by atoms with Gasteiger partial charge in [0.05, 0.1) is 0 Å². The maximum atomic E-state index is 11.7. The van der Waals surface area contributed by atoms with Gasteiger partial charge in [0.25, 0.3) is 0 Å². The lowest BCUT2D eigenvalue weighted by atomic mass is 10.0. The van der Waals surface area contributed by atoms with Crippen molar-refractivity contribution in [1.82, 2.24) is 0 Å². The molecule has 0 saturated carbocycles. The van der Waals surface area contributed by atoms with Crippen LogP contribution in [0.15, 0.2) is 48.5 Å². The summed E-state index contributed by atoms with van der Waals surface area (Å²) in [4.78, 5) is 11.7. The number of carbonyl (C=O) groups excluding carboxylic acids is 1. The predicted octanol–water partition coefficient (Wildman–Crippen LogP) is 9.77. The van der Waals surface area contributed by atoms with Gasteiger partial charge in [-0.1, -0.05) is 107 Å². The van der Waals surface area contributed by atoms with Crippen molar-refractivity contribution >= 4 is 29.2 Å². The number of ether oxygens (including phenoxy) is 1. The van der Waals surface area contributed by atoms with E-state index in [2.05, 4.69) is 6.92 Å². The molecule has 3 nitrogen and oxygen atoms in total. The van der Waals surface area contributed by atoms with Crippen molar-refractivity contribution in [2.75, 3.05) is 0 Å². The van der Waals surface area contributed by atoms with Crippen LogP contribution >= 0.6 is 23.2 Å². The smallest absolute Gasteiger partial charge is 0.311 e. The summed E-state index contributed by atoms with van der Waals surface area (Å²) in [5, 5.41) is 9.99. The average molecular weight is 496 g/mol. The Hall–Kier alpha value is -1.71. The average Bonchev–Trinajstić information content (AvgIpc) is 2.81. The second kappa shape index (κ2) is 19.7. The number of benzene rings is 2. The van der Waals surface area contributed by atoms with Gasteiger partial charge in [-0.2, -0.15) is 0 Å². The highest BCUT2D eigenvalue weighted by molar-refractivity contribution is 6.30. The van der Waals surface area contributed by atoms with E-state index >= 15 is 0 Å². The molecule has 1 N–H and O–H groups in total. The Morgan fingerprint density at radius 3 is 1.48 bits per heavy atom. The van der Waals surface area contributed by atoms with Crippen molar-refractivity contribution < 1.29 is 14.6 Å². The first kappa shape index (κ1) is 29.3. The maximum Gasteiger partial charge on any atom is 0.311 e. The Morgan fingerprint density at radius 2 is 1.06 bits per heavy atom.